The SMILES string of the molecule is Cc1cn2c(/C=C/c3ncc(C(=O)O)c(C(C)C)n3)c(C)nc2s1. The number of aromatic carboxylic acids is 1. The highest BCUT2D eigenvalue weighted by molar-refractivity contribution is 7.17. The number of aryl methyl sites for hydroxylation is 2. The minimum atomic E-state index is -1.00. The van der Waals surface area contributed by atoms with E-state index < -0.39 is 5.97 Å². The Morgan fingerprint density at radius 2 is 2.04 bits per heavy atom. The third-order valence-corrected chi connectivity index (χ3v) is 4.57. The number of aromatic nitrogens is 4. The monoisotopic (exact) mass is 342 g/mol. The predicted octanol–water partition coefficient (Wildman–Crippen LogP) is 3.79. The summed E-state index contributed by atoms with van der Waals surface area (Å²) in [6.07, 6.45) is 7.13. The summed E-state index contributed by atoms with van der Waals surface area (Å²) in [5, 5.41) is 9.23. The van der Waals surface area contributed by atoms with Crippen LogP contribution in [0.25, 0.3) is 17.1 Å². The lowest BCUT2D eigenvalue weighted by atomic mass is 10.1. The lowest BCUT2D eigenvalue weighted by molar-refractivity contribution is 0.0694. The van der Waals surface area contributed by atoms with Crippen LogP contribution >= 0.6 is 11.3 Å². The first-order valence-corrected chi connectivity index (χ1v) is 8.42. The normalized spacial score (nSPS) is 11.9. The van der Waals surface area contributed by atoms with E-state index in [0.717, 1.165) is 16.3 Å². The van der Waals surface area contributed by atoms with Crippen molar-refractivity contribution in [2.75, 3.05) is 0 Å². The van der Waals surface area contributed by atoms with Gasteiger partial charge in [0.2, 0.25) is 0 Å². The minimum Gasteiger partial charge on any atom is -0.478 e. The highest BCUT2D eigenvalue weighted by Crippen LogP contribution is 2.22. The molecule has 0 amide bonds. The van der Waals surface area contributed by atoms with Crippen LogP contribution in [0.2, 0.25) is 0 Å². The number of carboxylic acid groups (broad SMARTS) is 1. The maximum atomic E-state index is 11.3. The Bertz CT molecular complexity index is 953. The van der Waals surface area contributed by atoms with Crippen LogP contribution in [-0.4, -0.2) is 30.4 Å². The van der Waals surface area contributed by atoms with Crippen molar-refractivity contribution in [2.24, 2.45) is 0 Å². The molecule has 3 aromatic heterocycles. The van der Waals surface area contributed by atoms with Crippen molar-refractivity contribution in [1.29, 1.82) is 0 Å². The van der Waals surface area contributed by atoms with Gasteiger partial charge in [-0.2, -0.15) is 0 Å². The van der Waals surface area contributed by atoms with E-state index in [4.69, 9.17) is 0 Å². The topological polar surface area (TPSA) is 80.4 Å². The van der Waals surface area contributed by atoms with Gasteiger partial charge in [0.05, 0.1) is 22.6 Å². The lowest BCUT2D eigenvalue weighted by Gasteiger charge is -2.08. The summed E-state index contributed by atoms with van der Waals surface area (Å²) in [5.41, 5.74) is 2.60. The summed E-state index contributed by atoms with van der Waals surface area (Å²) in [4.78, 5) is 26.5. The summed E-state index contributed by atoms with van der Waals surface area (Å²) in [7, 11) is 0. The zero-order valence-electron chi connectivity index (χ0n) is 13.9. The van der Waals surface area contributed by atoms with Gasteiger partial charge >= 0.3 is 5.97 Å². The lowest BCUT2D eigenvalue weighted by Crippen LogP contribution is -2.08. The molecule has 124 valence electrons. The number of carboxylic acids is 1. The molecule has 0 unspecified atom stereocenters. The molecule has 0 fully saturated rings. The first-order chi connectivity index (χ1) is 11.4. The summed E-state index contributed by atoms with van der Waals surface area (Å²) in [6, 6.07) is 0. The van der Waals surface area contributed by atoms with E-state index in [-0.39, 0.29) is 11.5 Å². The summed E-state index contributed by atoms with van der Waals surface area (Å²) in [6.45, 7) is 7.84. The molecule has 1 N–H and O–H groups in total. The van der Waals surface area contributed by atoms with Gasteiger partial charge in [-0.25, -0.2) is 19.7 Å². The van der Waals surface area contributed by atoms with Crippen LogP contribution in [0.15, 0.2) is 12.4 Å². The maximum absolute atomic E-state index is 11.3. The Morgan fingerprint density at radius 1 is 1.29 bits per heavy atom. The molecule has 0 bridgehead atoms. The number of imidazole rings is 1. The van der Waals surface area contributed by atoms with Crippen molar-refractivity contribution >= 4 is 34.4 Å². The van der Waals surface area contributed by atoms with Gasteiger partial charge in [0.15, 0.2) is 10.8 Å². The van der Waals surface area contributed by atoms with Gasteiger partial charge in [-0.3, -0.25) is 4.40 Å². The molecule has 3 heterocycles. The van der Waals surface area contributed by atoms with E-state index >= 15 is 0 Å². The Morgan fingerprint density at radius 3 is 2.71 bits per heavy atom. The van der Waals surface area contributed by atoms with Gasteiger partial charge in [-0.1, -0.05) is 13.8 Å². The number of hydrogen-bond donors (Lipinski definition) is 1. The molecule has 0 saturated carbocycles. The van der Waals surface area contributed by atoms with E-state index in [1.54, 1.807) is 17.4 Å². The fourth-order valence-corrected chi connectivity index (χ4v) is 3.41. The standard InChI is InChI=1S/C17H18N4O2S/c1-9(2)15-12(16(22)23)7-18-14(20-15)6-5-13-11(4)19-17-21(13)8-10(3)24-17/h5-9H,1-4H3,(H,22,23)/b6-5+. The maximum Gasteiger partial charge on any atom is 0.339 e. The van der Waals surface area contributed by atoms with Crippen LogP contribution in [0.5, 0.6) is 0 Å². The second-order valence-corrected chi connectivity index (χ2v) is 7.11. The molecule has 3 aromatic rings. The molecule has 3 rings (SSSR count). The second-order valence-electron chi connectivity index (χ2n) is 5.90. The molecule has 6 nitrogen and oxygen atoms in total. The molecule has 0 aliphatic rings. The van der Waals surface area contributed by atoms with Crippen molar-refractivity contribution in [1.82, 2.24) is 19.4 Å². The summed E-state index contributed by atoms with van der Waals surface area (Å²) < 4.78 is 2.04. The smallest absolute Gasteiger partial charge is 0.339 e. The quantitative estimate of drug-likeness (QED) is 0.780. The van der Waals surface area contributed by atoms with Crippen LogP contribution < -0.4 is 0 Å². The molecule has 0 saturated heterocycles. The number of fused-ring (bicyclic) bond motifs is 1. The van der Waals surface area contributed by atoms with E-state index in [1.165, 1.54) is 11.1 Å². The van der Waals surface area contributed by atoms with Crippen molar-refractivity contribution in [3.8, 4) is 0 Å². The molecule has 0 spiro atoms. The molecule has 0 radical (unpaired) electrons. The Kier molecular flexibility index (Phi) is 4.19. The van der Waals surface area contributed by atoms with Crippen molar-refractivity contribution in [3.05, 3.63) is 45.7 Å². The van der Waals surface area contributed by atoms with E-state index in [0.29, 0.717) is 11.5 Å². The Balaban J connectivity index is 2.00. The van der Waals surface area contributed by atoms with Gasteiger partial charge in [0.1, 0.15) is 0 Å². The van der Waals surface area contributed by atoms with Gasteiger partial charge in [0.25, 0.3) is 0 Å². The third-order valence-electron chi connectivity index (χ3n) is 3.67. The summed E-state index contributed by atoms with van der Waals surface area (Å²) in [5.74, 6) is -0.504. The molecule has 0 aromatic carbocycles. The largest absolute Gasteiger partial charge is 0.478 e. The van der Waals surface area contributed by atoms with Crippen LogP contribution in [0.3, 0.4) is 0 Å². The Labute approximate surface area is 143 Å². The summed E-state index contributed by atoms with van der Waals surface area (Å²) >= 11 is 1.64. The highest BCUT2D eigenvalue weighted by atomic mass is 32.1. The number of carbonyl (C=O) groups is 1. The molecule has 7 heteroatoms. The highest BCUT2D eigenvalue weighted by Gasteiger charge is 2.15. The second kappa shape index (κ2) is 6.16. The zero-order chi connectivity index (χ0) is 17.4. The first-order valence-electron chi connectivity index (χ1n) is 7.60. The number of nitrogens with zero attached hydrogens (tertiary/aromatic N) is 4. The number of rotatable bonds is 4. The average molecular weight is 342 g/mol. The fourth-order valence-electron chi connectivity index (χ4n) is 2.53. The van der Waals surface area contributed by atoms with E-state index in [9.17, 15) is 9.90 Å². The van der Waals surface area contributed by atoms with E-state index in [1.807, 2.05) is 44.4 Å². The fraction of sp³-hybridized carbons (Fsp3) is 0.294. The minimum absolute atomic E-state index is 0.00850. The zero-order valence-corrected chi connectivity index (χ0v) is 14.8. The number of hydrogen-bond acceptors (Lipinski definition) is 5. The molecular formula is C17H18N4O2S. The molecule has 0 atom stereocenters. The molecule has 0 aliphatic heterocycles. The van der Waals surface area contributed by atoms with Gasteiger partial charge in [0, 0.05) is 17.3 Å². The number of thiazole rings is 1. The van der Waals surface area contributed by atoms with Gasteiger partial charge in [-0.15, -0.1) is 11.3 Å². The molecule has 24 heavy (non-hydrogen) atoms. The van der Waals surface area contributed by atoms with Gasteiger partial charge < -0.3 is 5.11 Å². The van der Waals surface area contributed by atoms with Crippen molar-refractivity contribution in [2.45, 2.75) is 33.6 Å². The van der Waals surface area contributed by atoms with Crippen molar-refractivity contribution < 1.29 is 9.90 Å². The van der Waals surface area contributed by atoms with Crippen LogP contribution in [-0.2, 0) is 0 Å². The van der Waals surface area contributed by atoms with Crippen molar-refractivity contribution in [3.63, 3.8) is 0 Å². The Hall–Kier alpha value is -2.54. The molecule has 0 aliphatic carbocycles. The van der Waals surface area contributed by atoms with Gasteiger partial charge in [-0.05, 0) is 31.9 Å². The van der Waals surface area contributed by atoms with Crippen LogP contribution in [0, 0.1) is 13.8 Å². The third kappa shape index (κ3) is 2.94. The molecular weight excluding hydrogens is 324 g/mol. The van der Waals surface area contributed by atoms with E-state index in [2.05, 4.69) is 15.0 Å². The van der Waals surface area contributed by atoms with Crippen LogP contribution in [0.4, 0.5) is 0 Å². The first kappa shape index (κ1) is 16.3. The predicted molar refractivity (Wildman–Crippen MR) is 94.6 cm³/mol. The van der Waals surface area contributed by atoms with Crippen LogP contribution in [0.1, 0.15) is 57.9 Å². The average Bonchev–Trinajstić information content (AvgIpc) is 2.99.